The van der Waals surface area contributed by atoms with Crippen LogP contribution in [0.5, 0.6) is 5.75 Å². The first-order valence-electron chi connectivity index (χ1n) is 14.4. The van der Waals surface area contributed by atoms with E-state index in [-0.39, 0.29) is 61.2 Å². The smallest absolute Gasteiger partial charge is 0.416 e. The van der Waals surface area contributed by atoms with Crippen molar-refractivity contribution < 1.29 is 45.7 Å². The first-order chi connectivity index (χ1) is 20.5. The summed E-state index contributed by atoms with van der Waals surface area (Å²) in [5.74, 6) is -0.847. The molecule has 0 radical (unpaired) electrons. The van der Waals surface area contributed by atoms with Crippen molar-refractivity contribution in [2.24, 2.45) is 0 Å². The van der Waals surface area contributed by atoms with Crippen LogP contribution in [-0.2, 0) is 28.2 Å². The highest BCUT2D eigenvalue weighted by Crippen LogP contribution is 2.37. The minimum Gasteiger partial charge on any atom is -0.508 e. The molecule has 46 heavy (non-hydrogen) atoms. The highest BCUT2D eigenvalue weighted by atomic mass is 35.5. The van der Waals surface area contributed by atoms with Gasteiger partial charge in [0.2, 0.25) is 0 Å². The van der Waals surface area contributed by atoms with Gasteiger partial charge in [-0.25, -0.2) is 0 Å². The quantitative estimate of drug-likeness (QED) is 0.337. The van der Waals surface area contributed by atoms with Gasteiger partial charge in [0.05, 0.1) is 30.4 Å². The van der Waals surface area contributed by atoms with Crippen molar-refractivity contribution in [2.75, 3.05) is 59.6 Å². The number of hydrogen-bond donors (Lipinski definition) is 1. The van der Waals surface area contributed by atoms with Crippen molar-refractivity contribution in [3.05, 3.63) is 64.2 Å². The van der Waals surface area contributed by atoms with Crippen molar-refractivity contribution >= 4 is 30.7 Å². The summed E-state index contributed by atoms with van der Waals surface area (Å²) in [7, 11) is 1.62. The predicted octanol–water partition coefficient (Wildman–Crippen LogP) is 6.08. The maximum atomic E-state index is 13.7. The minimum atomic E-state index is -5.07. The summed E-state index contributed by atoms with van der Waals surface area (Å²) in [6.07, 6.45) is -9.95. The fourth-order valence-corrected chi connectivity index (χ4v) is 5.76. The van der Waals surface area contributed by atoms with Crippen molar-refractivity contribution in [1.29, 1.82) is 0 Å². The van der Waals surface area contributed by atoms with E-state index in [1.54, 1.807) is 32.2 Å². The van der Waals surface area contributed by atoms with E-state index >= 15 is 0 Å². The number of amides is 1. The molecule has 2 aliphatic heterocycles. The molecule has 2 aromatic rings. The van der Waals surface area contributed by atoms with E-state index in [0.29, 0.717) is 69.2 Å². The highest BCUT2D eigenvalue weighted by molar-refractivity contribution is 5.95. The number of phenolic OH excluding ortho intramolecular Hbond substituents is 1. The second kappa shape index (κ2) is 15.7. The Morgan fingerprint density at radius 3 is 2.17 bits per heavy atom. The van der Waals surface area contributed by atoms with Gasteiger partial charge < -0.3 is 19.5 Å². The molecule has 1 amide bonds. The molecule has 2 aliphatic rings. The summed E-state index contributed by atoms with van der Waals surface area (Å²) in [4.78, 5) is 19.5. The van der Waals surface area contributed by atoms with Crippen LogP contribution in [0.4, 0.5) is 26.3 Å². The lowest BCUT2D eigenvalue weighted by Crippen LogP contribution is -2.60. The molecule has 260 valence electrons. The van der Waals surface area contributed by atoms with Gasteiger partial charge in [-0.2, -0.15) is 26.3 Å². The summed E-state index contributed by atoms with van der Waals surface area (Å²) in [6.45, 7) is 9.72. The molecule has 7 nitrogen and oxygen atoms in total. The number of carbonyl (C=O) groups is 1. The monoisotopic (exact) mass is 703 g/mol. The third kappa shape index (κ3) is 9.86. The Morgan fingerprint density at radius 2 is 1.61 bits per heavy atom. The number of morpholine rings is 1. The zero-order valence-electron chi connectivity index (χ0n) is 26.1. The van der Waals surface area contributed by atoms with Crippen LogP contribution < -0.4 is 0 Å². The maximum absolute atomic E-state index is 13.7. The van der Waals surface area contributed by atoms with E-state index in [2.05, 4.69) is 23.6 Å². The lowest BCUT2D eigenvalue weighted by Gasteiger charge is -2.47. The molecule has 2 aromatic carbocycles. The molecule has 2 heterocycles. The van der Waals surface area contributed by atoms with Crippen molar-refractivity contribution in [1.82, 2.24) is 14.7 Å². The molecule has 15 heteroatoms. The lowest BCUT2D eigenvalue weighted by atomic mass is 9.98. The summed E-state index contributed by atoms with van der Waals surface area (Å²) in [6, 6.07) is 5.48. The van der Waals surface area contributed by atoms with E-state index < -0.39 is 41.0 Å². The second-order valence-electron chi connectivity index (χ2n) is 12.2. The number of piperazine rings is 1. The fourth-order valence-electron chi connectivity index (χ4n) is 5.76. The molecule has 0 bridgehead atoms. The number of methoxy groups -OCH3 is 1. The van der Waals surface area contributed by atoms with Gasteiger partial charge in [0.1, 0.15) is 5.75 Å². The third-order valence-corrected chi connectivity index (χ3v) is 8.40. The number of aromatic hydroxyl groups is 1. The molecule has 2 atom stereocenters. The van der Waals surface area contributed by atoms with Gasteiger partial charge in [0.15, 0.2) is 0 Å². The number of aryl methyl sites for hydroxylation is 1. The van der Waals surface area contributed by atoms with E-state index in [4.69, 9.17) is 9.47 Å². The molecule has 2 fully saturated rings. The molecule has 0 aromatic heterocycles. The van der Waals surface area contributed by atoms with Crippen LogP contribution in [0.3, 0.4) is 0 Å². The number of halogens is 8. The Hall–Kier alpha value is -2.29. The van der Waals surface area contributed by atoms with Gasteiger partial charge in [0.25, 0.3) is 5.91 Å². The molecule has 4 rings (SSSR count). The van der Waals surface area contributed by atoms with Crippen LogP contribution in [-0.4, -0.2) is 103 Å². The average molecular weight is 705 g/mol. The average Bonchev–Trinajstić information content (AvgIpc) is 2.94. The Balaban J connectivity index is 0.00000368. The molecule has 1 unspecified atom stereocenters. The standard InChI is InChI=1S/C31H39F6N3O4.2ClH/c1-20-5-6-21(12-27(20)41)11-25-16-38(7-9-39-17-26(18-43-4)44-19-29(39,2)3)8-10-40(25)28(42)22-13-23(30(32,33)34)15-24(14-22)31(35,36)37;;/h5-6,12-15,25-26,41H,7-11,16-19H2,1-4H3;2*1H/t25?,26-;;/m0../s1. The van der Waals surface area contributed by atoms with Crippen molar-refractivity contribution in [3.8, 4) is 5.75 Å². The predicted molar refractivity (Wildman–Crippen MR) is 166 cm³/mol. The van der Waals surface area contributed by atoms with E-state index in [9.17, 15) is 36.2 Å². The second-order valence-corrected chi connectivity index (χ2v) is 12.2. The van der Waals surface area contributed by atoms with E-state index in [1.165, 1.54) is 4.90 Å². The third-order valence-electron chi connectivity index (χ3n) is 8.40. The molecule has 0 aliphatic carbocycles. The van der Waals surface area contributed by atoms with Crippen LogP contribution in [0.25, 0.3) is 0 Å². The number of phenols is 1. The molecule has 0 saturated carbocycles. The van der Waals surface area contributed by atoms with E-state index in [1.807, 2.05) is 0 Å². The number of alkyl halides is 6. The van der Waals surface area contributed by atoms with Gasteiger partial charge in [0, 0.05) is 63.5 Å². The molecule has 0 spiro atoms. The van der Waals surface area contributed by atoms with Crippen LogP contribution >= 0.6 is 24.8 Å². The number of hydrogen-bond acceptors (Lipinski definition) is 6. The van der Waals surface area contributed by atoms with E-state index in [0.717, 1.165) is 0 Å². The van der Waals surface area contributed by atoms with Crippen LogP contribution in [0, 0.1) is 6.92 Å². The summed E-state index contributed by atoms with van der Waals surface area (Å²) in [5, 5.41) is 10.3. The van der Waals surface area contributed by atoms with Crippen LogP contribution in [0.2, 0.25) is 0 Å². The normalized spacial score (nSPS) is 21.0. The first kappa shape index (κ1) is 39.9. The highest BCUT2D eigenvalue weighted by Gasteiger charge is 2.40. The summed E-state index contributed by atoms with van der Waals surface area (Å²) < 4.78 is 92.4. The Bertz CT molecular complexity index is 1300. The van der Waals surface area contributed by atoms with Crippen LogP contribution in [0.15, 0.2) is 36.4 Å². The zero-order chi connectivity index (χ0) is 32.4. The molecule has 2 saturated heterocycles. The van der Waals surface area contributed by atoms with Gasteiger partial charge in [-0.05, 0) is 62.6 Å². The Kier molecular flexibility index (Phi) is 13.6. The summed E-state index contributed by atoms with van der Waals surface area (Å²) in [5.41, 5.74) is -2.62. The van der Waals surface area contributed by atoms with Crippen molar-refractivity contribution in [3.63, 3.8) is 0 Å². The number of nitrogens with zero attached hydrogens (tertiary/aromatic N) is 3. The van der Waals surface area contributed by atoms with Gasteiger partial charge in [-0.3, -0.25) is 14.6 Å². The maximum Gasteiger partial charge on any atom is 0.416 e. The number of rotatable bonds is 8. The zero-order valence-corrected chi connectivity index (χ0v) is 27.7. The first-order valence-corrected chi connectivity index (χ1v) is 14.4. The lowest BCUT2D eigenvalue weighted by molar-refractivity contribution is -0.143. The fraction of sp³-hybridized carbons (Fsp3) is 0.581. The van der Waals surface area contributed by atoms with Gasteiger partial charge in [-0.15, -0.1) is 24.8 Å². The van der Waals surface area contributed by atoms with Crippen molar-refractivity contribution in [2.45, 2.75) is 57.2 Å². The topological polar surface area (TPSA) is 65.5 Å². The Morgan fingerprint density at radius 1 is 0.978 bits per heavy atom. The van der Waals surface area contributed by atoms with Crippen LogP contribution in [0.1, 0.15) is 46.5 Å². The summed E-state index contributed by atoms with van der Waals surface area (Å²) >= 11 is 0. The van der Waals surface area contributed by atoms with Gasteiger partial charge in [-0.1, -0.05) is 12.1 Å². The molecular formula is C31H41Cl2F6N3O4. The minimum absolute atomic E-state index is 0. The Labute approximate surface area is 277 Å². The van der Waals surface area contributed by atoms with Gasteiger partial charge >= 0.3 is 12.4 Å². The largest absolute Gasteiger partial charge is 0.508 e. The number of benzene rings is 2. The SMILES string of the molecule is COC[C@@H]1CN(CCN2CCN(C(=O)c3cc(C(F)(F)F)cc(C(F)(F)F)c3)C(Cc3ccc(C)c(O)c3)C2)C(C)(C)CO1.Cl.Cl. The molecule has 1 N–H and O–H groups in total. The molecular weight excluding hydrogens is 663 g/mol. The number of ether oxygens (including phenoxy) is 2. The number of carbonyl (C=O) groups excluding carboxylic acids is 1.